The lowest BCUT2D eigenvalue weighted by atomic mass is 10.3. The zero-order valence-corrected chi connectivity index (χ0v) is 11.1. The van der Waals surface area contributed by atoms with Gasteiger partial charge in [-0.3, -0.25) is 14.0 Å². The first kappa shape index (κ1) is 12.4. The van der Waals surface area contributed by atoms with Gasteiger partial charge in [-0.15, -0.1) is 0 Å². The highest BCUT2D eigenvalue weighted by Crippen LogP contribution is 2.08. The van der Waals surface area contributed by atoms with Crippen LogP contribution in [0.3, 0.4) is 0 Å². The standard InChI is InChI=1S/C13H18N4O/c1-9(2)14-11-6-5-7-17(13(11)18)12-8-10(3)16(4)15-12/h5-9,14H,1-4H3. The van der Waals surface area contributed by atoms with E-state index in [4.69, 9.17) is 0 Å². The van der Waals surface area contributed by atoms with Crippen LogP contribution in [0.25, 0.3) is 5.82 Å². The first-order valence-corrected chi connectivity index (χ1v) is 5.98. The number of pyridine rings is 1. The van der Waals surface area contributed by atoms with Gasteiger partial charge in [0.1, 0.15) is 5.69 Å². The summed E-state index contributed by atoms with van der Waals surface area (Å²) in [4.78, 5) is 12.3. The van der Waals surface area contributed by atoms with E-state index in [1.807, 2.05) is 40.0 Å². The van der Waals surface area contributed by atoms with Crippen molar-refractivity contribution in [3.05, 3.63) is 40.4 Å². The fourth-order valence-corrected chi connectivity index (χ4v) is 1.75. The maximum atomic E-state index is 12.3. The maximum Gasteiger partial charge on any atom is 0.279 e. The van der Waals surface area contributed by atoms with Gasteiger partial charge in [-0.05, 0) is 32.9 Å². The summed E-state index contributed by atoms with van der Waals surface area (Å²) in [6.45, 7) is 5.96. The summed E-state index contributed by atoms with van der Waals surface area (Å²) in [7, 11) is 1.86. The summed E-state index contributed by atoms with van der Waals surface area (Å²) in [5.74, 6) is 0.646. The highest BCUT2D eigenvalue weighted by atomic mass is 16.1. The van der Waals surface area contributed by atoms with Crippen LogP contribution >= 0.6 is 0 Å². The Balaban J connectivity index is 2.49. The van der Waals surface area contributed by atoms with Crippen LogP contribution in [0.1, 0.15) is 19.5 Å². The van der Waals surface area contributed by atoms with E-state index in [0.717, 1.165) is 5.69 Å². The van der Waals surface area contributed by atoms with E-state index >= 15 is 0 Å². The topological polar surface area (TPSA) is 51.9 Å². The molecule has 0 unspecified atom stereocenters. The Morgan fingerprint density at radius 1 is 1.39 bits per heavy atom. The Kier molecular flexibility index (Phi) is 3.23. The second-order valence-corrected chi connectivity index (χ2v) is 4.66. The van der Waals surface area contributed by atoms with E-state index < -0.39 is 0 Å². The molecule has 0 aliphatic heterocycles. The predicted molar refractivity (Wildman–Crippen MR) is 72.3 cm³/mol. The predicted octanol–water partition coefficient (Wildman–Crippen LogP) is 1.70. The number of aromatic nitrogens is 3. The van der Waals surface area contributed by atoms with Gasteiger partial charge in [-0.1, -0.05) is 0 Å². The number of aryl methyl sites for hydroxylation is 2. The molecule has 0 aliphatic rings. The number of nitrogens with one attached hydrogen (secondary N) is 1. The molecule has 5 heteroatoms. The molecule has 0 fully saturated rings. The molecule has 0 amide bonds. The third-order valence-corrected chi connectivity index (χ3v) is 2.74. The second kappa shape index (κ2) is 4.68. The van der Waals surface area contributed by atoms with Gasteiger partial charge in [0.15, 0.2) is 5.82 Å². The van der Waals surface area contributed by atoms with Crippen molar-refractivity contribution < 1.29 is 0 Å². The van der Waals surface area contributed by atoms with Crippen molar-refractivity contribution in [1.29, 1.82) is 0 Å². The molecule has 96 valence electrons. The summed E-state index contributed by atoms with van der Waals surface area (Å²) in [5, 5.41) is 7.45. The highest BCUT2D eigenvalue weighted by molar-refractivity contribution is 5.43. The molecule has 2 aromatic rings. The van der Waals surface area contributed by atoms with Gasteiger partial charge in [0.05, 0.1) is 0 Å². The fourth-order valence-electron chi connectivity index (χ4n) is 1.75. The first-order chi connectivity index (χ1) is 8.49. The van der Waals surface area contributed by atoms with Crippen LogP contribution in [0, 0.1) is 6.92 Å². The fraction of sp³-hybridized carbons (Fsp3) is 0.385. The largest absolute Gasteiger partial charge is 0.378 e. The van der Waals surface area contributed by atoms with Crippen LogP contribution in [0.5, 0.6) is 0 Å². The lowest BCUT2D eigenvalue weighted by molar-refractivity contribution is 0.724. The Morgan fingerprint density at radius 3 is 2.67 bits per heavy atom. The summed E-state index contributed by atoms with van der Waals surface area (Å²) in [6.07, 6.45) is 1.73. The van der Waals surface area contributed by atoms with Crippen molar-refractivity contribution in [2.24, 2.45) is 7.05 Å². The average Bonchev–Trinajstić information content (AvgIpc) is 2.61. The zero-order valence-electron chi connectivity index (χ0n) is 11.1. The van der Waals surface area contributed by atoms with Crippen molar-refractivity contribution in [2.45, 2.75) is 26.8 Å². The molecule has 5 nitrogen and oxygen atoms in total. The Morgan fingerprint density at radius 2 is 2.11 bits per heavy atom. The summed E-state index contributed by atoms with van der Waals surface area (Å²) >= 11 is 0. The zero-order chi connectivity index (χ0) is 13.3. The van der Waals surface area contributed by atoms with E-state index in [0.29, 0.717) is 11.5 Å². The molecule has 0 saturated carbocycles. The first-order valence-electron chi connectivity index (χ1n) is 5.98. The Hall–Kier alpha value is -2.04. The molecule has 1 N–H and O–H groups in total. The van der Waals surface area contributed by atoms with Crippen molar-refractivity contribution in [1.82, 2.24) is 14.3 Å². The molecular formula is C13H18N4O. The van der Waals surface area contributed by atoms with E-state index in [1.54, 1.807) is 21.5 Å². The molecular weight excluding hydrogens is 228 g/mol. The normalized spacial score (nSPS) is 10.9. The third kappa shape index (κ3) is 2.30. The van der Waals surface area contributed by atoms with Crippen LogP contribution in [0.2, 0.25) is 0 Å². The summed E-state index contributed by atoms with van der Waals surface area (Å²) in [5.41, 5.74) is 1.53. The Bertz CT molecular complexity index is 590. The number of anilines is 1. The minimum absolute atomic E-state index is 0.0794. The van der Waals surface area contributed by atoms with Gasteiger partial charge in [-0.2, -0.15) is 5.10 Å². The van der Waals surface area contributed by atoms with Crippen molar-refractivity contribution in [3.63, 3.8) is 0 Å². The van der Waals surface area contributed by atoms with E-state index in [9.17, 15) is 4.79 Å². The van der Waals surface area contributed by atoms with Gasteiger partial charge in [-0.25, -0.2) is 0 Å². The minimum Gasteiger partial charge on any atom is -0.378 e. The smallest absolute Gasteiger partial charge is 0.279 e. The maximum absolute atomic E-state index is 12.3. The van der Waals surface area contributed by atoms with Gasteiger partial charge in [0, 0.05) is 31.0 Å². The molecule has 0 atom stereocenters. The molecule has 0 saturated heterocycles. The molecule has 2 aromatic heterocycles. The molecule has 0 radical (unpaired) electrons. The van der Waals surface area contributed by atoms with Gasteiger partial charge in [0.25, 0.3) is 5.56 Å². The van der Waals surface area contributed by atoms with Crippen LogP contribution in [-0.4, -0.2) is 20.4 Å². The highest BCUT2D eigenvalue weighted by Gasteiger charge is 2.08. The SMILES string of the molecule is Cc1cc(-n2cccc(NC(C)C)c2=O)nn1C. The van der Waals surface area contributed by atoms with Crippen LogP contribution in [-0.2, 0) is 7.05 Å². The van der Waals surface area contributed by atoms with Crippen LogP contribution in [0.4, 0.5) is 5.69 Å². The lowest BCUT2D eigenvalue weighted by Crippen LogP contribution is -2.24. The van der Waals surface area contributed by atoms with Gasteiger partial charge < -0.3 is 5.32 Å². The van der Waals surface area contributed by atoms with Crippen molar-refractivity contribution >= 4 is 5.69 Å². The quantitative estimate of drug-likeness (QED) is 0.896. The monoisotopic (exact) mass is 246 g/mol. The third-order valence-electron chi connectivity index (χ3n) is 2.74. The molecule has 0 aromatic carbocycles. The average molecular weight is 246 g/mol. The number of hydrogen-bond acceptors (Lipinski definition) is 3. The van der Waals surface area contributed by atoms with Crippen LogP contribution < -0.4 is 10.9 Å². The summed E-state index contributed by atoms with van der Waals surface area (Å²) < 4.78 is 3.31. The number of nitrogens with zero attached hydrogens (tertiary/aromatic N) is 3. The minimum atomic E-state index is -0.0794. The van der Waals surface area contributed by atoms with E-state index in [-0.39, 0.29) is 11.6 Å². The molecule has 2 heterocycles. The van der Waals surface area contributed by atoms with E-state index in [1.165, 1.54) is 0 Å². The lowest BCUT2D eigenvalue weighted by Gasteiger charge is -2.10. The van der Waals surface area contributed by atoms with Gasteiger partial charge in [0.2, 0.25) is 0 Å². The van der Waals surface area contributed by atoms with E-state index in [2.05, 4.69) is 10.4 Å². The van der Waals surface area contributed by atoms with Crippen molar-refractivity contribution in [3.8, 4) is 5.82 Å². The number of rotatable bonds is 3. The second-order valence-electron chi connectivity index (χ2n) is 4.66. The molecule has 0 aliphatic carbocycles. The van der Waals surface area contributed by atoms with Crippen molar-refractivity contribution in [2.75, 3.05) is 5.32 Å². The molecule has 2 rings (SSSR count). The van der Waals surface area contributed by atoms with Crippen LogP contribution in [0.15, 0.2) is 29.2 Å². The molecule has 18 heavy (non-hydrogen) atoms. The number of hydrogen-bond donors (Lipinski definition) is 1. The molecule has 0 bridgehead atoms. The Labute approximate surface area is 106 Å². The van der Waals surface area contributed by atoms with Gasteiger partial charge >= 0.3 is 0 Å². The molecule has 0 spiro atoms. The summed E-state index contributed by atoms with van der Waals surface area (Å²) in [6, 6.07) is 5.74.